The van der Waals surface area contributed by atoms with Gasteiger partial charge in [0, 0.05) is 40.8 Å². The molecule has 1 unspecified atom stereocenters. The Labute approximate surface area is 224 Å². The van der Waals surface area contributed by atoms with E-state index in [1.165, 1.54) is 0 Å². The minimum absolute atomic E-state index is 0. The van der Waals surface area contributed by atoms with E-state index in [4.69, 9.17) is 50.4 Å². The summed E-state index contributed by atoms with van der Waals surface area (Å²) in [7, 11) is 0. The first-order valence-electron chi connectivity index (χ1n) is 6.10. The van der Waals surface area contributed by atoms with Crippen LogP contribution in [-0.4, -0.2) is 68.7 Å². The van der Waals surface area contributed by atoms with Gasteiger partial charge in [-0.15, -0.1) is 0 Å². The van der Waals surface area contributed by atoms with Gasteiger partial charge in [-0.3, -0.25) is 24.5 Å². The number of aliphatic hydroxyl groups excluding tert-OH is 1. The third-order valence-electron chi connectivity index (χ3n) is 0.584. The van der Waals surface area contributed by atoms with E-state index in [2.05, 4.69) is 5.32 Å². The number of rotatable bonds is 3. The van der Waals surface area contributed by atoms with Gasteiger partial charge in [0.15, 0.2) is 0 Å². The van der Waals surface area contributed by atoms with E-state index >= 15 is 0 Å². The van der Waals surface area contributed by atoms with Gasteiger partial charge in [-0.25, -0.2) is 0 Å². The molecular formula is C12H31N2Na3O9. The zero-order chi connectivity index (χ0) is 20.0. The molecule has 0 radical (unpaired) electrons. The van der Waals surface area contributed by atoms with Crippen LogP contribution in [0.1, 0.15) is 38.9 Å². The number of aliphatic carboxylic acids is 4. The van der Waals surface area contributed by atoms with Gasteiger partial charge in [0.25, 0.3) is 23.9 Å². The molecule has 0 fully saturated rings. The zero-order valence-electron chi connectivity index (χ0n) is 19.9. The quantitative estimate of drug-likeness (QED) is 0.170. The van der Waals surface area contributed by atoms with Crippen molar-refractivity contribution in [1.82, 2.24) is 5.32 Å². The molecule has 0 aromatic heterocycles. The van der Waals surface area contributed by atoms with Crippen LogP contribution in [0, 0.1) is 0 Å². The SMILES string of the molecule is CC(=O)O.CC(=O)O.CC(=O)O.CC(=O)O.CC(O)NCCN.[H-].[H-].[H-].[Na+].[Na+].[Na+]. The molecule has 0 saturated heterocycles. The van der Waals surface area contributed by atoms with Gasteiger partial charge < -0.3 is 35.5 Å². The number of carboxylic acid groups (broad SMARTS) is 4. The topological polar surface area (TPSA) is 207 Å². The number of aliphatic hydroxyl groups is 1. The third-order valence-corrected chi connectivity index (χ3v) is 0.584. The molecule has 0 spiro atoms. The molecule has 0 aliphatic carbocycles. The van der Waals surface area contributed by atoms with Crippen LogP contribution in [0.25, 0.3) is 0 Å². The van der Waals surface area contributed by atoms with E-state index in [0.29, 0.717) is 13.1 Å². The van der Waals surface area contributed by atoms with Crippen LogP contribution in [0.5, 0.6) is 0 Å². The van der Waals surface area contributed by atoms with Crippen molar-refractivity contribution in [2.45, 2.75) is 40.8 Å². The number of carbonyl (C=O) groups is 4. The molecule has 0 rings (SSSR count). The van der Waals surface area contributed by atoms with Gasteiger partial charge in [-0.1, -0.05) is 0 Å². The second-order valence-electron chi connectivity index (χ2n) is 3.49. The maximum absolute atomic E-state index is 9.00. The van der Waals surface area contributed by atoms with Crippen molar-refractivity contribution in [3.63, 3.8) is 0 Å². The number of nitrogens with two attached hydrogens (primary N) is 1. The Hall–Kier alpha value is 0.760. The summed E-state index contributed by atoms with van der Waals surface area (Å²) in [5.74, 6) is -3.33. The summed E-state index contributed by atoms with van der Waals surface area (Å²) in [5, 5.41) is 40.9. The van der Waals surface area contributed by atoms with Crippen molar-refractivity contribution >= 4 is 23.9 Å². The molecular weight excluding hydrogens is 385 g/mol. The maximum Gasteiger partial charge on any atom is 1.00 e. The van der Waals surface area contributed by atoms with Crippen molar-refractivity contribution < 1.29 is 138 Å². The number of hydrogen-bond acceptors (Lipinski definition) is 7. The fraction of sp³-hybridized carbons (Fsp3) is 0.667. The summed E-state index contributed by atoms with van der Waals surface area (Å²) in [6.07, 6.45) is -0.427. The van der Waals surface area contributed by atoms with Crippen molar-refractivity contribution in [1.29, 1.82) is 0 Å². The summed E-state index contributed by atoms with van der Waals surface area (Å²) in [6.45, 7) is 7.25. The smallest absolute Gasteiger partial charge is 1.00 e. The van der Waals surface area contributed by atoms with Crippen molar-refractivity contribution in [2.75, 3.05) is 13.1 Å². The molecule has 0 aromatic rings. The second-order valence-corrected chi connectivity index (χ2v) is 3.49. The molecule has 14 heteroatoms. The summed E-state index contributed by atoms with van der Waals surface area (Å²) < 4.78 is 0. The Morgan fingerprint density at radius 3 is 1.00 bits per heavy atom. The first-order chi connectivity index (χ1) is 10.2. The number of nitrogens with one attached hydrogen (secondary N) is 1. The van der Waals surface area contributed by atoms with Crippen LogP contribution in [0.3, 0.4) is 0 Å². The zero-order valence-corrected chi connectivity index (χ0v) is 22.9. The van der Waals surface area contributed by atoms with Crippen molar-refractivity contribution in [2.24, 2.45) is 5.73 Å². The molecule has 0 heterocycles. The Bertz CT molecular complexity index is 270. The average molecular weight is 416 g/mol. The van der Waals surface area contributed by atoms with Gasteiger partial charge in [0.1, 0.15) is 6.23 Å². The van der Waals surface area contributed by atoms with E-state index in [0.717, 1.165) is 27.7 Å². The van der Waals surface area contributed by atoms with Crippen LogP contribution >= 0.6 is 0 Å². The van der Waals surface area contributed by atoms with Crippen molar-refractivity contribution in [3.05, 3.63) is 0 Å². The van der Waals surface area contributed by atoms with E-state index in [1.54, 1.807) is 6.92 Å². The van der Waals surface area contributed by atoms with E-state index in [-0.39, 0.29) is 93.0 Å². The predicted molar refractivity (Wildman–Crippen MR) is 85.3 cm³/mol. The minimum Gasteiger partial charge on any atom is -1.00 e. The number of hydrogen-bond donors (Lipinski definition) is 7. The summed E-state index contributed by atoms with van der Waals surface area (Å²) in [4.78, 5) is 36.0. The van der Waals surface area contributed by atoms with Crippen LogP contribution in [0.2, 0.25) is 0 Å². The second kappa shape index (κ2) is 44.9. The fourth-order valence-electron chi connectivity index (χ4n) is 0.292. The minimum atomic E-state index is -0.833. The first-order valence-corrected chi connectivity index (χ1v) is 6.10. The molecule has 146 valence electrons. The van der Waals surface area contributed by atoms with Crippen LogP contribution < -0.4 is 99.7 Å². The summed E-state index contributed by atoms with van der Waals surface area (Å²) in [6, 6.07) is 0. The molecule has 0 aliphatic heterocycles. The molecule has 0 amide bonds. The Morgan fingerprint density at radius 1 is 0.808 bits per heavy atom. The Morgan fingerprint density at radius 2 is 0.962 bits per heavy atom. The summed E-state index contributed by atoms with van der Waals surface area (Å²) in [5.41, 5.74) is 5.10. The normalized spacial score (nSPS) is 7.65. The molecule has 0 aromatic carbocycles. The van der Waals surface area contributed by atoms with Gasteiger partial charge in [-0.2, -0.15) is 0 Å². The monoisotopic (exact) mass is 416 g/mol. The maximum atomic E-state index is 9.00. The van der Waals surface area contributed by atoms with Crippen LogP contribution in [-0.2, 0) is 19.2 Å². The molecule has 11 nitrogen and oxygen atoms in total. The summed E-state index contributed by atoms with van der Waals surface area (Å²) >= 11 is 0. The predicted octanol–water partition coefficient (Wildman–Crippen LogP) is -9.41. The average Bonchev–Trinajstić information content (AvgIpc) is 2.22. The van der Waals surface area contributed by atoms with Gasteiger partial charge in [0.2, 0.25) is 0 Å². The van der Waals surface area contributed by atoms with Crippen LogP contribution in [0.15, 0.2) is 0 Å². The Kier molecular flexibility index (Phi) is 87.1. The molecule has 8 N–H and O–H groups in total. The van der Waals surface area contributed by atoms with E-state index < -0.39 is 30.1 Å². The van der Waals surface area contributed by atoms with Crippen molar-refractivity contribution in [3.8, 4) is 0 Å². The Balaban J connectivity index is -0.0000000151. The van der Waals surface area contributed by atoms with Gasteiger partial charge in [-0.05, 0) is 6.92 Å². The standard InChI is InChI=1S/C4H12N2O.4C2H4O2.3Na.3H/c1-4(7)6-3-2-5;4*1-2(3)4;;;;;;/h4,6-7H,2-3,5H2,1H3;4*1H3,(H,3,4);;;;;;/q;;;;;3*+1;3*-1. The van der Waals surface area contributed by atoms with Crippen LogP contribution in [0.4, 0.5) is 0 Å². The van der Waals surface area contributed by atoms with Gasteiger partial charge >= 0.3 is 88.7 Å². The van der Waals surface area contributed by atoms with Gasteiger partial charge in [0.05, 0.1) is 0 Å². The molecule has 26 heavy (non-hydrogen) atoms. The molecule has 0 saturated carbocycles. The largest absolute Gasteiger partial charge is 1.00 e. The number of carboxylic acids is 4. The van der Waals surface area contributed by atoms with E-state index in [1.807, 2.05) is 0 Å². The molecule has 1 atom stereocenters. The fourth-order valence-corrected chi connectivity index (χ4v) is 0.292. The third kappa shape index (κ3) is 617. The molecule has 0 aliphatic rings. The first kappa shape index (κ1) is 50.5. The molecule has 0 bridgehead atoms. The van der Waals surface area contributed by atoms with E-state index in [9.17, 15) is 0 Å².